The second-order valence-electron chi connectivity index (χ2n) is 6.19. The molecule has 1 N–H and O–H groups in total. The molecule has 2 fully saturated rings. The van der Waals surface area contributed by atoms with Crippen LogP contribution < -0.4 is 5.32 Å². The molecule has 1 aromatic heterocycles. The fraction of sp³-hybridized carbons (Fsp3) is 0.750. The van der Waals surface area contributed by atoms with Crippen LogP contribution >= 0.6 is 0 Å². The van der Waals surface area contributed by atoms with Crippen molar-refractivity contribution in [3.63, 3.8) is 0 Å². The molecule has 0 saturated heterocycles. The van der Waals surface area contributed by atoms with Crippen molar-refractivity contribution in [2.75, 3.05) is 12.4 Å². The van der Waals surface area contributed by atoms with E-state index in [-0.39, 0.29) is 0 Å². The number of anilines is 1. The normalized spacial score (nSPS) is 27.3. The smallest absolute Gasteiger partial charge is 0.134 e. The lowest BCUT2D eigenvalue weighted by Gasteiger charge is -2.27. The Morgan fingerprint density at radius 1 is 1.05 bits per heavy atom. The largest absolute Gasteiger partial charge is 0.373 e. The summed E-state index contributed by atoms with van der Waals surface area (Å²) in [6, 6.07) is 2.14. The molecule has 104 valence electrons. The van der Waals surface area contributed by atoms with Crippen molar-refractivity contribution in [2.24, 2.45) is 5.92 Å². The number of nitrogens with one attached hydrogen (secondary N) is 1. The van der Waals surface area contributed by atoms with Crippen molar-refractivity contribution < 1.29 is 0 Å². The van der Waals surface area contributed by atoms with Gasteiger partial charge in [0.1, 0.15) is 11.6 Å². The number of rotatable bonds is 4. The van der Waals surface area contributed by atoms with Crippen LogP contribution in [0.15, 0.2) is 6.07 Å². The highest BCUT2D eigenvalue weighted by Crippen LogP contribution is 2.41. The molecule has 0 bridgehead atoms. The van der Waals surface area contributed by atoms with Gasteiger partial charge in [-0.25, -0.2) is 9.97 Å². The van der Waals surface area contributed by atoms with Gasteiger partial charge in [0.05, 0.1) is 0 Å². The van der Waals surface area contributed by atoms with Crippen LogP contribution in [0.5, 0.6) is 0 Å². The maximum absolute atomic E-state index is 4.87. The first-order valence-corrected chi connectivity index (χ1v) is 7.86. The van der Waals surface area contributed by atoms with Crippen LogP contribution in [0.25, 0.3) is 0 Å². The maximum Gasteiger partial charge on any atom is 0.134 e. The molecular weight excluding hydrogens is 234 g/mol. The van der Waals surface area contributed by atoms with E-state index < -0.39 is 0 Å². The fourth-order valence-electron chi connectivity index (χ4n) is 3.21. The molecule has 3 heteroatoms. The molecule has 19 heavy (non-hydrogen) atoms. The van der Waals surface area contributed by atoms with Crippen molar-refractivity contribution in [3.8, 4) is 0 Å². The Hall–Kier alpha value is -1.12. The summed E-state index contributed by atoms with van der Waals surface area (Å²) in [4.78, 5) is 9.58. The van der Waals surface area contributed by atoms with Gasteiger partial charge in [0, 0.05) is 30.6 Å². The van der Waals surface area contributed by atoms with Crippen molar-refractivity contribution >= 4 is 5.82 Å². The summed E-state index contributed by atoms with van der Waals surface area (Å²) in [6.07, 6.45) is 9.20. The molecule has 1 aromatic rings. The van der Waals surface area contributed by atoms with E-state index in [1.165, 1.54) is 50.6 Å². The van der Waals surface area contributed by atoms with Crippen LogP contribution in [0.3, 0.4) is 0 Å². The molecule has 0 unspecified atom stereocenters. The predicted octanol–water partition coefficient (Wildman–Crippen LogP) is 4.08. The molecule has 0 spiro atoms. The van der Waals surface area contributed by atoms with E-state index in [0.717, 1.165) is 17.6 Å². The molecule has 2 aliphatic carbocycles. The summed E-state index contributed by atoms with van der Waals surface area (Å²) in [6.45, 7) is 2.31. The quantitative estimate of drug-likeness (QED) is 0.885. The molecule has 3 rings (SSSR count). The molecule has 2 saturated carbocycles. The molecule has 1 heterocycles. The van der Waals surface area contributed by atoms with E-state index in [1.54, 1.807) is 0 Å². The summed E-state index contributed by atoms with van der Waals surface area (Å²) in [5, 5.41) is 3.20. The van der Waals surface area contributed by atoms with Gasteiger partial charge in [-0.15, -0.1) is 0 Å². The highest BCUT2D eigenvalue weighted by atomic mass is 15.0. The van der Waals surface area contributed by atoms with Crippen LogP contribution in [0, 0.1) is 5.92 Å². The molecule has 3 nitrogen and oxygen atoms in total. The summed E-state index contributed by atoms with van der Waals surface area (Å²) in [5.74, 6) is 4.34. The lowest BCUT2D eigenvalue weighted by atomic mass is 9.80. The summed E-state index contributed by atoms with van der Waals surface area (Å²) >= 11 is 0. The first kappa shape index (κ1) is 12.9. The van der Waals surface area contributed by atoms with Crippen molar-refractivity contribution in [3.05, 3.63) is 17.6 Å². The van der Waals surface area contributed by atoms with Crippen LogP contribution in [0.2, 0.25) is 0 Å². The molecule has 2 aliphatic rings. The molecule has 0 amide bonds. The van der Waals surface area contributed by atoms with E-state index in [4.69, 9.17) is 9.97 Å². The Kier molecular flexibility index (Phi) is 3.72. The van der Waals surface area contributed by atoms with Gasteiger partial charge in [0.2, 0.25) is 0 Å². The van der Waals surface area contributed by atoms with Crippen molar-refractivity contribution in [2.45, 2.75) is 63.7 Å². The lowest BCUT2D eigenvalue weighted by molar-refractivity contribution is 0.312. The third-order valence-corrected chi connectivity index (χ3v) is 4.80. The predicted molar refractivity (Wildman–Crippen MR) is 78.5 cm³/mol. The first-order chi connectivity index (χ1) is 9.30. The Morgan fingerprint density at radius 3 is 2.32 bits per heavy atom. The number of aromatic nitrogens is 2. The van der Waals surface area contributed by atoms with E-state index in [0.29, 0.717) is 11.8 Å². The van der Waals surface area contributed by atoms with Gasteiger partial charge in [-0.3, -0.25) is 0 Å². The SMILES string of the molecule is CCC1CCC(c2nc(NC)cc(C3CC3)n2)CC1. The zero-order valence-corrected chi connectivity index (χ0v) is 12.2. The van der Waals surface area contributed by atoms with E-state index in [1.807, 2.05) is 7.05 Å². The third-order valence-electron chi connectivity index (χ3n) is 4.80. The molecule has 0 aliphatic heterocycles. The second-order valence-corrected chi connectivity index (χ2v) is 6.19. The molecule has 0 radical (unpaired) electrons. The van der Waals surface area contributed by atoms with Crippen molar-refractivity contribution in [1.29, 1.82) is 0 Å². The van der Waals surface area contributed by atoms with Crippen molar-refractivity contribution in [1.82, 2.24) is 9.97 Å². The van der Waals surface area contributed by atoms with E-state index in [2.05, 4.69) is 18.3 Å². The number of hydrogen-bond acceptors (Lipinski definition) is 3. The van der Waals surface area contributed by atoms with E-state index in [9.17, 15) is 0 Å². The van der Waals surface area contributed by atoms with Gasteiger partial charge < -0.3 is 5.32 Å². The topological polar surface area (TPSA) is 37.8 Å². The highest BCUT2D eigenvalue weighted by Gasteiger charge is 2.28. The summed E-state index contributed by atoms with van der Waals surface area (Å²) < 4.78 is 0. The van der Waals surface area contributed by atoms with Gasteiger partial charge in [0.25, 0.3) is 0 Å². The third kappa shape index (κ3) is 2.90. The Balaban J connectivity index is 1.77. The van der Waals surface area contributed by atoms with E-state index >= 15 is 0 Å². The molecule has 0 aromatic carbocycles. The van der Waals surface area contributed by atoms with Gasteiger partial charge >= 0.3 is 0 Å². The Bertz CT molecular complexity index is 432. The fourth-order valence-corrected chi connectivity index (χ4v) is 3.21. The zero-order valence-electron chi connectivity index (χ0n) is 12.2. The summed E-state index contributed by atoms with van der Waals surface area (Å²) in [5.41, 5.74) is 1.27. The van der Waals surface area contributed by atoms with Gasteiger partial charge in [0.15, 0.2) is 0 Å². The standard InChI is InChI=1S/C16H25N3/c1-3-11-4-6-13(7-5-11)16-18-14(12-8-9-12)10-15(17-2)19-16/h10-13H,3-9H2,1-2H3,(H,17,18,19). The van der Waals surface area contributed by atoms with Crippen LogP contribution in [0.1, 0.15) is 75.2 Å². The summed E-state index contributed by atoms with van der Waals surface area (Å²) in [7, 11) is 1.96. The van der Waals surface area contributed by atoms with Gasteiger partial charge in [-0.1, -0.05) is 13.3 Å². The average molecular weight is 259 g/mol. The van der Waals surface area contributed by atoms with Crippen LogP contribution in [-0.4, -0.2) is 17.0 Å². The van der Waals surface area contributed by atoms with Crippen LogP contribution in [0.4, 0.5) is 5.82 Å². The maximum atomic E-state index is 4.87. The van der Waals surface area contributed by atoms with Gasteiger partial charge in [-0.05, 0) is 44.4 Å². The minimum absolute atomic E-state index is 0.591. The minimum atomic E-state index is 0.591. The second kappa shape index (κ2) is 5.48. The molecular formula is C16H25N3. The Morgan fingerprint density at radius 2 is 1.74 bits per heavy atom. The number of hydrogen-bond donors (Lipinski definition) is 1. The molecule has 0 atom stereocenters. The van der Waals surface area contributed by atoms with Gasteiger partial charge in [-0.2, -0.15) is 0 Å². The lowest BCUT2D eigenvalue weighted by Crippen LogP contribution is -2.16. The van der Waals surface area contributed by atoms with Crippen LogP contribution in [-0.2, 0) is 0 Å². The average Bonchev–Trinajstić information content (AvgIpc) is 3.31. The highest BCUT2D eigenvalue weighted by molar-refractivity contribution is 5.37. The Labute approximate surface area is 116 Å². The first-order valence-electron chi connectivity index (χ1n) is 7.86. The zero-order chi connectivity index (χ0) is 13.2. The minimum Gasteiger partial charge on any atom is -0.373 e. The number of nitrogens with zero attached hydrogens (tertiary/aromatic N) is 2. The monoisotopic (exact) mass is 259 g/mol.